The summed E-state index contributed by atoms with van der Waals surface area (Å²) in [5.41, 5.74) is 1.49. The number of aromatic amines is 1. The zero-order valence-electron chi connectivity index (χ0n) is 9.00. The van der Waals surface area contributed by atoms with Crippen LogP contribution in [-0.4, -0.2) is 31.7 Å². The van der Waals surface area contributed by atoms with Gasteiger partial charge in [-0.1, -0.05) is 11.6 Å². The maximum atomic E-state index is 5.85. The minimum absolute atomic E-state index is 0.589. The van der Waals surface area contributed by atoms with Gasteiger partial charge in [0.1, 0.15) is 29.1 Å². The van der Waals surface area contributed by atoms with Crippen molar-refractivity contribution in [2.24, 2.45) is 0 Å². The number of anilines is 1. The number of aromatic nitrogens is 5. The van der Waals surface area contributed by atoms with Crippen molar-refractivity contribution in [3.63, 3.8) is 0 Å². The second-order valence-corrected chi connectivity index (χ2v) is 3.94. The Bertz CT molecular complexity index is 657. The van der Waals surface area contributed by atoms with Gasteiger partial charge in [0.15, 0.2) is 5.65 Å². The smallest absolute Gasteiger partial charge is 0.182 e. The second kappa shape index (κ2) is 3.74. The predicted molar refractivity (Wildman–Crippen MR) is 64.9 cm³/mol. The summed E-state index contributed by atoms with van der Waals surface area (Å²) >= 11 is 5.85. The Balaban J connectivity index is 2.09. The SMILES string of the molecule is CN(c1ccc(Cl)[nH]1)n1cnc2cncnc21. The van der Waals surface area contributed by atoms with Crippen LogP contribution in [0.3, 0.4) is 0 Å². The van der Waals surface area contributed by atoms with Gasteiger partial charge in [-0.2, -0.15) is 0 Å². The molecule has 0 aliphatic rings. The van der Waals surface area contributed by atoms with Gasteiger partial charge >= 0.3 is 0 Å². The summed E-state index contributed by atoms with van der Waals surface area (Å²) in [6, 6.07) is 3.68. The van der Waals surface area contributed by atoms with Crippen molar-refractivity contribution >= 4 is 28.6 Å². The fraction of sp³-hybridized carbons (Fsp3) is 0.100. The molecule has 17 heavy (non-hydrogen) atoms. The van der Waals surface area contributed by atoms with Crippen molar-refractivity contribution in [2.75, 3.05) is 12.1 Å². The summed E-state index contributed by atoms with van der Waals surface area (Å²) in [6.45, 7) is 0. The van der Waals surface area contributed by atoms with Gasteiger partial charge < -0.3 is 4.98 Å². The van der Waals surface area contributed by atoms with E-state index in [0.717, 1.165) is 17.0 Å². The van der Waals surface area contributed by atoms with Gasteiger partial charge in [-0.05, 0) is 12.1 Å². The van der Waals surface area contributed by atoms with Crippen LogP contribution in [0.5, 0.6) is 0 Å². The Kier molecular flexibility index (Phi) is 2.22. The van der Waals surface area contributed by atoms with Crippen molar-refractivity contribution in [1.82, 2.24) is 24.6 Å². The molecule has 0 saturated carbocycles. The highest BCUT2D eigenvalue weighted by Gasteiger charge is 2.10. The van der Waals surface area contributed by atoms with Gasteiger partial charge in [0.25, 0.3) is 0 Å². The molecule has 0 aliphatic carbocycles. The molecule has 0 aliphatic heterocycles. The first-order valence-corrected chi connectivity index (χ1v) is 5.35. The lowest BCUT2D eigenvalue weighted by Gasteiger charge is -2.18. The van der Waals surface area contributed by atoms with Crippen molar-refractivity contribution in [3.05, 3.63) is 36.1 Å². The highest BCUT2D eigenvalue weighted by Crippen LogP contribution is 2.18. The number of imidazole rings is 1. The largest absolute Gasteiger partial charge is 0.331 e. The molecule has 7 heteroatoms. The average Bonchev–Trinajstić information content (AvgIpc) is 2.94. The molecular formula is C10H9ClN6. The molecule has 0 fully saturated rings. The van der Waals surface area contributed by atoms with E-state index in [1.165, 1.54) is 6.33 Å². The molecule has 3 aromatic heterocycles. The Labute approximate surface area is 102 Å². The van der Waals surface area contributed by atoms with E-state index in [1.54, 1.807) is 18.6 Å². The molecule has 0 bridgehead atoms. The molecule has 0 unspecified atom stereocenters. The standard InChI is InChI=1S/C10H9ClN6/c1-16(9-3-2-8(11)15-9)17-6-14-7-4-12-5-13-10(7)17/h2-6,15H,1H3. The molecule has 3 aromatic rings. The van der Waals surface area contributed by atoms with Crippen LogP contribution in [0, 0.1) is 0 Å². The average molecular weight is 249 g/mol. The lowest BCUT2D eigenvalue weighted by atomic mass is 10.5. The van der Waals surface area contributed by atoms with E-state index >= 15 is 0 Å². The molecule has 0 saturated heterocycles. The van der Waals surface area contributed by atoms with Crippen LogP contribution < -0.4 is 5.01 Å². The lowest BCUT2D eigenvalue weighted by molar-refractivity contribution is 0.776. The molecule has 1 N–H and O–H groups in total. The molecule has 0 amide bonds. The number of rotatable bonds is 2. The molecule has 3 rings (SSSR count). The summed E-state index contributed by atoms with van der Waals surface area (Å²) in [6.07, 6.45) is 4.86. The van der Waals surface area contributed by atoms with Crippen molar-refractivity contribution < 1.29 is 0 Å². The maximum Gasteiger partial charge on any atom is 0.182 e. The zero-order chi connectivity index (χ0) is 11.8. The minimum atomic E-state index is 0.589. The molecule has 86 valence electrons. The molecular weight excluding hydrogens is 240 g/mol. The van der Waals surface area contributed by atoms with E-state index in [0.29, 0.717) is 5.15 Å². The molecule has 6 nitrogen and oxygen atoms in total. The summed E-state index contributed by atoms with van der Waals surface area (Å²) in [5.74, 6) is 0.855. The molecule has 3 heterocycles. The van der Waals surface area contributed by atoms with E-state index in [1.807, 2.05) is 22.8 Å². The summed E-state index contributed by atoms with van der Waals surface area (Å²) in [4.78, 5) is 15.4. The van der Waals surface area contributed by atoms with Crippen LogP contribution in [-0.2, 0) is 0 Å². The van der Waals surface area contributed by atoms with Gasteiger partial charge in [-0.3, -0.25) is 5.01 Å². The Morgan fingerprint density at radius 1 is 1.35 bits per heavy atom. The quantitative estimate of drug-likeness (QED) is 0.750. The number of fused-ring (bicyclic) bond motifs is 1. The Morgan fingerprint density at radius 3 is 3.00 bits per heavy atom. The van der Waals surface area contributed by atoms with E-state index < -0.39 is 0 Å². The van der Waals surface area contributed by atoms with Crippen molar-refractivity contribution in [1.29, 1.82) is 0 Å². The number of nitrogens with zero attached hydrogens (tertiary/aromatic N) is 5. The molecule has 0 spiro atoms. The summed E-state index contributed by atoms with van der Waals surface area (Å²) < 4.78 is 1.82. The number of hydrogen-bond acceptors (Lipinski definition) is 4. The fourth-order valence-corrected chi connectivity index (χ4v) is 1.80. The first-order valence-electron chi connectivity index (χ1n) is 4.97. The van der Waals surface area contributed by atoms with E-state index in [-0.39, 0.29) is 0 Å². The van der Waals surface area contributed by atoms with Crippen LogP contribution in [0.25, 0.3) is 11.2 Å². The first-order chi connectivity index (χ1) is 8.25. The highest BCUT2D eigenvalue weighted by molar-refractivity contribution is 6.29. The van der Waals surface area contributed by atoms with Gasteiger partial charge in [0, 0.05) is 7.05 Å². The topological polar surface area (TPSA) is 62.6 Å². The lowest BCUT2D eigenvalue weighted by Crippen LogP contribution is -2.24. The van der Waals surface area contributed by atoms with E-state index in [9.17, 15) is 0 Å². The van der Waals surface area contributed by atoms with E-state index in [2.05, 4.69) is 19.9 Å². The minimum Gasteiger partial charge on any atom is -0.331 e. The van der Waals surface area contributed by atoms with Crippen molar-refractivity contribution in [2.45, 2.75) is 0 Å². The number of nitrogens with one attached hydrogen (secondary N) is 1. The summed E-state index contributed by atoms with van der Waals surface area (Å²) in [7, 11) is 1.89. The molecule has 0 aromatic carbocycles. The highest BCUT2D eigenvalue weighted by atomic mass is 35.5. The fourth-order valence-electron chi connectivity index (χ4n) is 1.64. The molecule has 0 atom stereocenters. The molecule has 0 radical (unpaired) electrons. The Morgan fingerprint density at radius 2 is 2.24 bits per heavy atom. The third-order valence-electron chi connectivity index (χ3n) is 2.50. The number of H-pyrrole nitrogens is 1. The maximum absolute atomic E-state index is 5.85. The van der Waals surface area contributed by atoms with Gasteiger partial charge in [-0.25, -0.2) is 19.6 Å². The first kappa shape index (κ1) is 10.1. The number of halogens is 1. The van der Waals surface area contributed by atoms with Crippen LogP contribution >= 0.6 is 11.6 Å². The van der Waals surface area contributed by atoms with Gasteiger partial charge in [-0.15, -0.1) is 0 Å². The van der Waals surface area contributed by atoms with E-state index in [4.69, 9.17) is 11.6 Å². The zero-order valence-corrected chi connectivity index (χ0v) is 9.76. The third kappa shape index (κ3) is 1.62. The van der Waals surface area contributed by atoms with Crippen LogP contribution in [0.2, 0.25) is 5.15 Å². The van der Waals surface area contributed by atoms with Crippen molar-refractivity contribution in [3.8, 4) is 0 Å². The predicted octanol–water partition coefficient (Wildman–Crippen LogP) is 1.71. The summed E-state index contributed by atoms with van der Waals surface area (Å²) in [5, 5.41) is 2.46. The Hall–Kier alpha value is -2.08. The third-order valence-corrected chi connectivity index (χ3v) is 2.72. The monoisotopic (exact) mass is 248 g/mol. The normalized spacial score (nSPS) is 10.9. The second-order valence-electron chi connectivity index (χ2n) is 3.54. The van der Waals surface area contributed by atoms with Crippen LogP contribution in [0.4, 0.5) is 5.82 Å². The van der Waals surface area contributed by atoms with Crippen LogP contribution in [0.1, 0.15) is 0 Å². The van der Waals surface area contributed by atoms with Gasteiger partial charge in [0.2, 0.25) is 0 Å². The van der Waals surface area contributed by atoms with Gasteiger partial charge in [0.05, 0.1) is 6.20 Å². The van der Waals surface area contributed by atoms with Crippen LogP contribution in [0.15, 0.2) is 31.0 Å². The number of hydrogen-bond donors (Lipinski definition) is 1.